The second-order valence-electron chi connectivity index (χ2n) is 4.90. The van der Waals surface area contributed by atoms with Crippen LogP contribution in [0.15, 0.2) is 22.6 Å². The molecule has 2 aromatic rings. The number of amides is 1. The van der Waals surface area contributed by atoms with Gasteiger partial charge in [-0.05, 0) is 19.1 Å². The largest absolute Gasteiger partial charge is 0.479 e. The molecule has 1 amide bonds. The fourth-order valence-corrected chi connectivity index (χ4v) is 2.27. The second-order valence-corrected chi connectivity index (χ2v) is 4.90. The molecule has 3 heterocycles. The van der Waals surface area contributed by atoms with Gasteiger partial charge in [0.2, 0.25) is 0 Å². The fourth-order valence-electron chi connectivity index (χ4n) is 2.27. The number of carboxylic acids is 1. The number of aliphatic carboxylic acids is 1. The fraction of sp³-hybridized carbons (Fsp3) is 0.357. The molecule has 0 aromatic carbocycles. The van der Waals surface area contributed by atoms with Crippen LogP contribution < -0.4 is 0 Å². The van der Waals surface area contributed by atoms with Crippen molar-refractivity contribution in [2.75, 3.05) is 19.7 Å². The number of rotatable bonds is 2. The lowest BCUT2D eigenvalue weighted by atomic mass is 10.2. The predicted molar refractivity (Wildman–Crippen MR) is 72.0 cm³/mol. The minimum Gasteiger partial charge on any atom is -0.479 e. The molecule has 3 rings (SSSR count). The highest BCUT2D eigenvalue weighted by molar-refractivity contribution is 5.95. The highest BCUT2D eigenvalue weighted by atomic mass is 16.5. The number of fused-ring (bicyclic) bond motifs is 1. The number of hydrogen-bond donors (Lipinski definition) is 1. The van der Waals surface area contributed by atoms with Crippen molar-refractivity contribution >= 4 is 23.0 Å². The summed E-state index contributed by atoms with van der Waals surface area (Å²) in [6.45, 7) is 2.40. The molecule has 1 aliphatic heterocycles. The van der Waals surface area contributed by atoms with Crippen LogP contribution in [-0.2, 0) is 9.53 Å². The average molecular weight is 290 g/mol. The molecule has 21 heavy (non-hydrogen) atoms. The van der Waals surface area contributed by atoms with E-state index in [4.69, 9.17) is 14.3 Å². The Morgan fingerprint density at radius 2 is 2.24 bits per heavy atom. The van der Waals surface area contributed by atoms with Gasteiger partial charge in [-0.15, -0.1) is 0 Å². The Balaban J connectivity index is 1.84. The Morgan fingerprint density at radius 3 is 3.00 bits per heavy atom. The number of carbonyl (C=O) groups excluding carboxylic acids is 1. The summed E-state index contributed by atoms with van der Waals surface area (Å²) in [6.07, 6.45) is -0.993. The monoisotopic (exact) mass is 290 g/mol. The number of nitrogens with zero attached hydrogens (tertiary/aromatic N) is 2. The molecule has 7 nitrogen and oxygen atoms in total. The lowest BCUT2D eigenvalue weighted by molar-refractivity contribution is -0.154. The summed E-state index contributed by atoms with van der Waals surface area (Å²) in [5.41, 5.74) is 1.98. The van der Waals surface area contributed by atoms with Crippen molar-refractivity contribution in [2.24, 2.45) is 0 Å². The van der Waals surface area contributed by atoms with Gasteiger partial charge < -0.3 is 19.2 Å². The molecule has 1 atom stereocenters. The quantitative estimate of drug-likeness (QED) is 0.889. The van der Waals surface area contributed by atoms with E-state index in [9.17, 15) is 9.59 Å². The van der Waals surface area contributed by atoms with Gasteiger partial charge >= 0.3 is 5.97 Å². The van der Waals surface area contributed by atoms with Crippen LogP contribution in [-0.4, -0.2) is 52.7 Å². The average Bonchev–Trinajstić information content (AvgIpc) is 2.89. The Hall–Kier alpha value is -2.41. The summed E-state index contributed by atoms with van der Waals surface area (Å²) in [4.78, 5) is 29.0. The van der Waals surface area contributed by atoms with Gasteiger partial charge in [-0.3, -0.25) is 4.79 Å². The Labute approximate surface area is 120 Å². The first-order valence-corrected chi connectivity index (χ1v) is 6.55. The normalized spacial score (nSPS) is 18.9. The van der Waals surface area contributed by atoms with Crippen LogP contribution in [0, 0.1) is 6.92 Å². The highest BCUT2D eigenvalue weighted by Crippen LogP contribution is 2.20. The molecule has 0 spiro atoms. The van der Waals surface area contributed by atoms with Gasteiger partial charge in [0.05, 0.1) is 13.2 Å². The maximum Gasteiger partial charge on any atom is 0.334 e. The summed E-state index contributed by atoms with van der Waals surface area (Å²) in [6, 6.07) is 5.14. The molecule has 7 heteroatoms. The summed E-state index contributed by atoms with van der Waals surface area (Å²) in [5.74, 6) is -1.26. The second kappa shape index (κ2) is 5.17. The van der Waals surface area contributed by atoms with Gasteiger partial charge in [-0.2, -0.15) is 0 Å². The van der Waals surface area contributed by atoms with E-state index in [0.29, 0.717) is 17.6 Å². The molecule has 0 bridgehead atoms. The number of carboxylic acid groups (broad SMARTS) is 1. The molecule has 110 valence electrons. The van der Waals surface area contributed by atoms with E-state index in [1.807, 2.05) is 6.92 Å². The first kappa shape index (κ1) is 13.6. The van der Waals surface area contributed by atoms with Crippen LogP contribution in [0.4, 0.5) is 0 Å². The molecule has 1 fully saturated rings. The Morgan fingerprint density at radius 1 is 1.43 bits per heavy atom. The van der Waals surface area contributed by atoms with Gasteiger partial charge in [0.15, 0.2) is 17.4 Å². The summed E-state index contributed by atoms with van der Waals surface area (Å²) < 4.78 is 10.6. The van der Waals surface area contributed by atoms with Crippen molar-refractivity contribution in [3.05, 3.63) is 29.7 Å². The zero-order valence-corrected chi connectivity index (χ0v) is 11.4. The van der Waals surface area contributed by atoms with Crippen LogP contribution in [0.1, 0.15) is 16.2 Å². The first-order chi connectivity index (χ1) is 10.0. The lowest BCUT2D eigenvalue weighted by Crippen LogP contribution is -2.48. The summed E-state index contributed by atoms with van der Waals surface area (Å²) in [5, 5.41) is 8.96. The standard InChI is InChI=1S/C14H14N2O5/c1-8-2-3-10-9(15-8)6-11(21-10)13(17)16-4-5-20-12(7-16)14(18)19/h2-3,6,12H,4-5,7H2,1H3,(H,18,19)/t12-/m1/s1. The molecule has 0 saturated carbocycles. The Bertz CT molecular complexity index is 708. The SMILES string of the molecule is Cc1ccc2oc(C(=O)N3CCO[C@@H](C(=O)O)C3)cc2n1. The third-order valence-electron chi connectivity index (χ3n) is 3.35. The Kier molecular flexibility index (Phi) is 3.34. The minimum absolute atomic E-state index is 0.0116. The smallest absolute Gasteiger partial charge is 0.334 e. The molecular weight excluding hydrogens is 276 g/mol. The number of aryl methyl sites for hydroxylation is 1. The van der Waals surface area contributed by atoms with Gasteiger partial charge in [-0.25, -0.2) is 9.78 Å². The van der Waals surface area contributed by atoms with E-state index in [2.05, 4.69) is 4.98 Å². The van der Waals surface area contributed by atoms with Gasteiger partial charge in [0, 0.05) is 18.3 Å². The van der Waals surface area contributed by atoms with E-state index in [0.717, 1.165) is 5.69 Å². The number of ether oxygens (including phenoxy) is 1. The first-order valence-electron chi connectivity index (χ1n) is 6.55. The van der Waals surface area contributed by atoms with E-state index >= 15 is 0 Å². The number of furan rings is 1. The molecule has 0 radical (unpaired) electrons. The third-order valence-corrected chi connectivity index (χ3v) is 3.35. The summed E-state index contributed by atoms with van der Waals surface area (Å²) in [7, 11) is 0. The van der Waals surface area contributed by atoms with Crippen molar-refractivity contribution in [3.63, 3.8) is 0 Å². The molecule has 0 aliphatic carbocycles. The molecule has 1 N–H and O–H groups in total. The van der Waals surface area contributed by atoms with E-state index < -0.39 is 12.1 Å². The van der Waals surface area contributed by atoms with Gasteiger partial charge in [0.25, 0.3) is 5.91 Å². The predicted octanol–water partition coefficient (Wildman–Crippen LogP) is 1.06. The highest BCUT2D eigenvalue weighted by Gasteiger charge is 2.30. The van der Waals surface area contributed by atoms with Crippen LogP contribution in [0.5, 0.6) is 0 Å². The summed E-state index contributed by atoms with van der Waals surface area (Å²) >= 11 is 0. The molecule has 0 unspecified atom stereocenters. The van der Waals surface area contributed by atoms with Crippen molar-refractivity contribution in [1.29, 1.82) is 0 Å². The number of carbonyl (C=O) groups is 2. The molecule has 2 aromatic heterocycles. The van der Waals surface area contributed by atoms with Crippen molar-refractivity contribution in [3.8, 4) is 0 Å². The van der Waals surface area contributed by atoms with E-state index in [-0.39, 0.29) is 24.8 Å². The lowest BCUT2D eigenvalue weighted by Gasteiger charge is -2.30. The minimum atomic E-state index is -1.07. The van der Waals surface area contributed by atoms with Crippen molar-refractivity contribution in [2.45, 2.75) is 13.0 Å². The topological polar surface area (TPSA) is 92.9 Å². The van der Waals surface area contributed by atoms with Gasteiger partial charge in [0.1, 0.15) is 5.52 Å². The number of hydrogen-bond acceptors (Lipinski definition) is 5. The van der Waals surface area contributed by atoms with E-state index in [1.165, 1.54) is 4.90 Å². The molecular formula is C14H14N2O5. The van der Waals surface area contributed by atoms with Gasteiger partial charge in [-0.1, -0.05) is 0 Å². The van der Waals surface area contributed by atoms with Crippen LogP contribution in [0.2, 0.25) is 0 Å². The number of aromatic nitrogens is 1. The molecule has 1 aliphatic rings. The van der Waals surface area contributed by atoms with Crippen LogP contribution in [0.25, 0.3) is 11.1 Å². The van der Waals surface area contributed by atoms with Crippen molar-refractivity contribution in [1.82, 2.24) is 9.88 Å². The zero-order chi connectivity index (χ0) is 15.0. The van der Waals surface area contributed by atoms with Crippen LogP contribution >= 0.6 is 0 Å². The van der Waals surface area contributed by atoms with Crippen LogP contribution in [0.3, 0.4) is 0 Å². The maximum absolute atomic E-state index is 12.4. The zero-order valence-electron chi connectivity index (χ0n) is 11.4. The third kappa shape index (κ3) is 2.59. The van der Waals surface area contributed by atoms with E-state index in [1.54, 1.807) is 18.2 Å². The maximum atomic E-state index is 12.4. The number of pyridine rings is 1. The number of morpholine rings is 1. The van der Waals surface area contributed by atoms with Crippen molar-refractivity contribution < 1.29 is 23.8 Å². The molecule has 1 saturated heterocycles.